The third-order valence-electron chi connectivity index (χ3n) is 8.16. The van der Waals surface area contributed by atoms with Crippen molar-refractivity contribution in [2.24, 2.45) is 5.92 Å². The largest absolute Gasteiger partial charge is 0.435 e. The summed E-state index contributed by atoms with van der Waals surface area (Å²) in [6.45, 7) is 4.38. The van der Waals surface area contributed by atoms with Gasteiger partial charge in [0.15, 0.2) is 15.0 Å². The van der Waals surface area contributed by atoms with Crippen molar-refractivity contribution in [1.29, 1.82) is 0 Å². The molecule has 2 aliphatic rings. The maximum Gasteiger partial charge on any atom is 0.387 e. The van der Waals surface area contributed by atoms with Crippen LogP contribution >= 0.6 is 11.3 Å². The molecule has 5 rings (SSSR count). The number of rotatable bonds is 11. The number of hydrogen-bond acceptors (Lipinski definition) is 7. The monoisotopic (exact) mass is 617 g/mol. The minimum absolute atomic E-state index is 0.0446. The second kappa shape index (κ2) is 12.8. The Morgan fingerprint density at radius 2 is 1.86 bits per heavy atom. The van der Waals surface area contributed by atoms with E-state index in [4.69, 9.17) is 4.98 Å². The summed E-state index contributed by atoms with van der Waals surface area (Å²) in [4.78, 5) is 21.8. The number of carbonyl (C=O) groups is 1. The van der Waals surface area contributed by atoms with E-state index in [0.29, 0.717) is 23.1 Å². The lowest BCUT2D eigenvalue weighted by Gasteiger charge is -2.27. The lowest BCUT2D eigenvalue weighted by Crippen LogP contribution is -2.26. The van der Waals surface area contributed by atoms with E-state index < -0.39 is 16.4 Å². The molecule has 0 radical (unpaired) electrons. The summed E-state index contributed by atoms with van der Waals surface area (Å²) in [6.07, 6.45) is 4.39. The zero-order valence-corrected chi connectivity index (χ0v) is 25.7. The molecule has 11 heteroatoms. The molecule has 1 fully saturated rings. The molecule has 1 aliphatic carbocycles. The predicted molar refractivity (Wildman–Crippen MR) is 160 cm³/mol. The number of amides is 1. The zero-order valence-electron chi connectivity index (χ0n) is 24.1. The fourth-order valence-corrected chi connectivity index (χ4v) is 8.13. The fraction of sp³-hybridized carbons (Fsp3) is 0.484. The molecule has 7 nitrogen and oxygen atoms in total. The van der Waals surface area contributed by atoms with Gasteiger partial charge in [-0.15, -0.1) is 11.3 Å². The Hall–Kier alpha value is -2.89. The number of thiazole rings is 1. The van der Waals surface area contributed by atoms with Crippen LogP contribution < -0.4 is 10.1 Å². The summed E-state index contributed by atoms with van der Waals surface area (Å²) < 4.78 is 54.5. The van der Waals surface area contributed by atoms with E-state index in [2.05, 4.69) is 28.8 Å². The molecular formula is C31H37F2N3O4S2. The first-order valence-corrected chi connectivity index (χ1v) is 16.9. The molecule has 1 saturated carbocycles. The first-order chi connectivity index (χ1) is 20.0. The van der Waals surface area contributed by atoms with Crippen LogP contribution in [0, 0.1) is 5.92 Å². The van der Waals surface area contributed by atoms with E-state index in [-0.39, 0.29) is 41.7 Å². The van der Waals surface area contributed by atoms with Gasteiger partial charge in [0.25, 0.3) is 0 Å². The fourth-order valence-electron chi connectivity index (χ4n) is 6.17. The third kappa shape index (κ3) is 6.84. The van der Waals surface area contributed by atoms with Crippen molar-refractivity contribution < 1.29 is 26.7 Å². The smallest absolute Gasteiger partial charge is 0.387 e. The topological polar surface area (TPSA) is 88.6 Å². The number of ether oxygens (including phenoxy) is 1. The van der Waals surface area contributed by atoms with Gasteiger partial charge >= 0.3 is 6.61 Å². The van der Waals surface area contributed by atoms with Crippen molar-refractivity contribution in [1.82, 2.24) is 9.88 Å². The predicted octanol–water partition coefficient (Wildman–Crippen LogP) is 7.09. The van der Waals surface area contributed by atoms with Crippen LogP contribution in [0.15, 0.2) is 47.4 Å². The third-order valence-corrected chi connectivity index (χ3v) is 10.9. The van der Waals surface area contributed by atoms with E-state index >= 15 is 0 Å². The molecule has 1 N–H and O–H groups in total. The average molecular weight is 618 g/mol. The van der Waals surface area contributed by atoms with Crippen LogP contribution in [0.2, 0.25) is 0 Å². The van der Waals surface area contributed by atoms with Gasteiger partial charge in [0, 0.05) is 18.0 Å². The number of fused-ring (bicyclic) bond motifs is 1. The van der Waals surface area contributed by atoms with Crippen molar-refractivity contribution >= 4 is 32.2 Å². The SMILES string of the molecule is CCS(=O)(=O)c1ccc(CC(=O)Nc2nc3c(s2)CN(Cc2ccc(OC(F)F)cc2)[C@@H]3C(C)C)c(C2CCCC2)c1. The van der Waals surface area contributed by atoms with Crippen molar-refractivity contribution in [3.63, 3.8) is 0 Å². The molecule has 3 aromatic rings. The molecule has 0 bridgehead atoms. The van der Waals surface area contributed by atoms with Gasteiger partial charge in [-0.2, -0.15) is 8.78 Å². The van der Waals surface area contributed by atoms with Crippen LogP contribution in [0.5, 0.6) is 5.75 Å². The van der Waals surface area contributed by atoms with Crippen LogP contribution in [0.4, 0.5) is 13.9 Å². The Bertz CT molecular complexity index is 1520. The molecule has 0 saturated heterocycles. The summed E-state index contributed by atoms with van der Waals surface area (Å²) in [5.41, 5.74) is 3.79. The number of aromatic nitrogens is 1. The average Bonchev–Trinajstić information content (AvgIpc) is 3.66. The van der Waals surface area contributed by atoms with Crippen LogP contribution in [0.25, 0.3) is 0 Å². The van der Waals surface area contributed by atoms with Gasteiger partial charge in [-0.3, -0.25) is 9.69 Å². The summed E-state index contributed by atoms with van der Waals surface area (Å²) >= 11 is 1.48. The van der Waals surface area contributed by atoms with Gasteiger partial charge in [-0.1, -0.05) is 51.8 Å². The van der Waals surface area contributed by atoms with Gasteiger partial charge in [-0.05, 0) is 65.6 Å². The van der Waals surface area contributed by atoms with Gasteiger partial charge in [0.2, 0.25) is 5.91 Å². The molecule has 0 unspecified atom stereocenters. The maximum absolute atomic E-state index is 13.2. The molecule has 1 amide bonds. The van der Waals surface area contributed by atoms with Gasteiger partial charge in [0.05, 0.1) is 28.8 Å². The standard InChI is InChI=1S/C31H37F2N3O4S2/c1-4-42(38,39)24-14-11-22(25(16-24)21-7-5-6-8-21)15-27(37)34-31-35-28-26(41-31)18-36(29(28)19(2)3)17-20-9-12-23(13-10-20)40-30(32)33/h9-14,16,19,21,29-30H,4-8,15,17-18H2,1-3H3,(H,34,35,37)/t29-/m1/s1. The van der Waals surface area contributed by atoms with Gasteiger partial charge in [0.1, 0.15) is 5.75 Å². The van der Waals surface area contributed by atoms with Crippen LogP contribution in [-0.2, 0) is 34.1 Å². The first-order valence-electron chi connectivity index (χ1n) is 14.5. The molecule has 2 aromatic carbocycles. The lowest BCUT2D eigenvalue weighted by atomic mass is 9.91. The number of anilines is 1. The van der Waals surface area contributed by atoms with E-state index in [1.54, 1.807) is 49.4 Å². The highest BCUT2D eigenvalue weighted by Crippen LogP contribution is 2.43. The maximum atomic E-state index is 13.2. The van der Waals surface area contributed by atoms with Crippen molar-refractivity contribution in [2.45, 2.75) is 89.4 Å². The molecule has 1 atom stereocenters. The Morgan fingerprint density at radius 1 is 1.14 bits per heavy atom. The summed E-state index contributed by atoms with van der Waals surface area (Å²) in [6, 6.07) is 12.0. The van der Waals surface area contributed by atoms with Crippen molar-refractivity contribution in [3.05, 3.63) is 69.7 Å². The van der Waals surface area contributed by atoms with E-state index in [1.165, 1.54) is 11.3 Å². The molecule has 2 heterocycles. The Morgan fingerprint density at radius 3 is 2.50 bits per heavy atom. The number of alkyl halides is 2. The molecular weight excluding hydrogens is 580 g/mol. The number of benzene rings is 2. The van der Waals surface area contributed by atoms with Crippen molar-refractivity contribution in [2.75, 3.05) is 11.1 Å². The summed E-state index contributed by atoms with van der Waals surface area (Å²) in [5.74, 6) is 0.550. The Balaban J connectivity index is 1.28. The molecule has 1 aliphatic heterocycles. The molecule has 42 heavy (non-hydrogen) atoms. The quantitative estimate of drug-likeness (QED) is 0.247. The minimum atomic E-state index is -3.33. The molecule has 1 aromatic heterocycles. The van der Waals surface area contributed by atoms with Crippen LogP contribution in [0.1, 0.15) is 85.7 Å². The number of carbonyl (C=O) groups excluding carboxylic acids is 1. The number of nitrogens with one attached hydrogen (secondary N) is 1. The molecule has 0 spiro atoms. The number of hydrogen-bond donors (Lipinski definition) is 1. The second-order valence-corrected chi connectivity index (χ2v) is 14.8. The van der Waals surface area contributed by atoms with Gasteiger partial charge in [-0.25, -0.2) is 13.4 Å². The highest BCUT2D eigenvalue weighted by atomic mass is 32.2. The highest BCUT2D eigenvalue weighted by Gasteiger charge is 2.36. The number of halogens is 2. The summed E-state index contributed by atoms with van der Waals surface area (Å²) in [7, 11) is -3.33. The van der Waals surface area contributed by atoms with E-state index in [1.807, 2.05) is 0 Å². The first kappa shape index (κ1) is 30.6. The number of nitrogens with zero attached hydrogens (tertiary/aromatic N) is 2. The Kier molecular flexibility index (Phi) is 9.29. The lowest BCUT2D eigenvalue weighted by molar-refractivity contribution is -0.115. The van der Waals surface area contributed by atoms with E-state index in [9.17, 15) is 22.0 Å². The highest BCUT2D eigenvalue weighted by molar-refractivity contribution is 7.91. The van der Waals surface area contributed by atoms with Crippen LogP contribution in [-0.4, -0.2) is 36.6 Å². The second-order valence-electron chi connectivity index (χ2n) is 11.4. The van der Waals surface area contributed by atoms with Gasteiger partial charge < -0.3 is 10.1 Å². The Labute approximate surface area is 250 Å². The van der Waals surface area contributed by atoms with Crippen LogP contribution in [0.3, 0.4) is 0 Å². The van der Waals surface area contributed by atoms with E-state index in [0.717, 1.165) is 52.9 Å². The minimum Gasteiger partial charge on any atom is -0.435 e. The zero-order chi connectivity index (χ0) is 30.0. The summed E-state index contributed by atoms with van der Waals surface area (Å²) in [5, 5.41) is 3.56. The molecule has 226 valence electrons. The normalized spacial score (nSPS) is 17.7. The van der Waals surface area contributed by atoms with Crippen molar-refractivity contribution in [3.8, 4) is 5.75 Å². The number of sulfone groups is 1.